The summed E-state index contributed by atoms with van der Waals surface area (Å²) in [6.07, 6.45) is 3.60. The molecular weight excluding hydrogens is 254 g/mol. The van der Waals surface area contributed by atoms with E-state index in [-0.39, 0.29) is 0 Å². The van der Waals surface area contributed by atoms with Gasteiger partial charge in [0.15, 0.2) is 5.82 Å². The molecule has 3 nitrogen and oxygen atoms in total. The van der Waals surface area contributed by atoms with Gasteiger partial charge in [0.25, 0.3) is 0 Å². The van der Waals surface area contributed by atoms with E-state index in [1.165, 1.54) is 0 Å². The van der Waals surface area contributed by atoms with Gasteiger partial charge in [-0.25, -0.2) is 4.98 Å². The minimum atomic E-state index is 0.346. The third-order valence-corrected chi connectivity index (χ3v) is 2.52. The Labute approximate surface area is 99.1 Å². The van der Waals surface area contributed by atoms with Gasteiger partial charge in [-0.3, -0.25) is 0 Å². The molecule has 0 aliphatic carbocycles. The second-order valence-electron chi connectivity index (χ2n) is 3.60. The highest BCUT2D eigenvalue weighted by atomic mass is 79.9. The van der Waals surface area contributed by atoms with Crippen LogP contribution in [0.3, 0.4) is 0 Å². The topological polar surface area (TPSA) is 42.2 Å². The van der Waals surface area contributed by atoms with E-state index < -0.39 is 0 Å². The Morgan fingerprint density at radius 2 is 2.33 bits per heavy atom. The van der Waals surface area contributed by atoms with Crippen LogP contribution in [0.15, 0.2) is 29.4 Å². The molecule has 0 amide bonds. The van der Waals surface area contributed by atoms with Crippen LogP contribution in [0.25, 0.3) is 0 Å². The fourth-order valence-electron chi connectivity index (χ4n) is 1.37. The Kier molecular flexibility index (Phi) is 4.15. The highest BCUT2D eigenvalue weighted by molar-refractivity contribution is 9.10. The predicted octanol–water partition coefficient (Wildman–Crippen LogP) is 2.83. The summed E-state index contributed by atoms with van der Waals surface area (Å²) in [4.78, 5) is 6.43. The molecule has 1 heterocycles. The highest BCUT2D eigenvalue weighted by Gasteiger charge is 2.13. The normalized spacial score (nSPS) is 10.4. The summed E-state index contributed by atoms with van der Waals surface area (Å²) in [6, 6.07) is 2.21. The van der Waals surface area contributed by atoms with E-state index >= 15 is 0 Å². The molecule has 0 aromatic carbocycles. The van der Waals surface area contributed by atoms with Gasteiger partial charge in [0.1, 0.15) is 0 Å². The molecule has 2 N–H and O–H groups in total. The molecule has 0 fully saturated rings. The van der Waals surface area contributed by atoms with E-state index in [4.69, 9.17) is 5.73 Å². The van der Waals surface area contributed by atoms with Crippen molar-refractivity contribution >= 4 is 27.4 Å². The number of hydrogen-bond acceptors (Lipinski definition) is 3. The van der Waals surface area contributed by atoms with E-state index in [9.17, 15) is 0 Å². The standard InChI is InChI=1S/C11H16BrN3/c1-4-5-15(8(2)3)11-10(13)6-9(12)7-14-11/h4,6-8H,1,5,13H2,2-3H3. The summed E-state index contributed by atoms with van der Waals surface area (Å²) < 4.78 is 0.894. The number of pyridine rings is 1. The SMILES string of the molecule is C=CCN(c1ncc(Br)cc1N)C(C)C. The molecule has 1 aromatic rings. The van der Waals surface area contributed by atoms with Crippen LogP contribution in [0.5, 0.6) is 0 Å². The van der Waals surface area contributed by atoms with Crippen molar-refractivity contribution in [2.75, 3.05) is 17.2 Å². The summed E-state index contributed by atoms with van der Waals surface area (Å²) >= 11 is 3.34. The maximum absolute atomic E-state index is 5.92. The van der Waals surface area contributed by atoms with Gasteiger partial charge >= 0.3 is 0 Å². The fourth-order valence-corrected chi connectivity index (χ4v) is 1.72. The lowest BCUT2D eigenvalue weighted by atomic mass is 10.2. The van der Waals surface area contributed by atoms with Crippen LogP contribution in [-0.4, -0.2) is 17.6 Å². The van der Waals surface area contributed by atoms with Gasteiger partial charge in [-0.05, 0) is 35.8 Å². The largest absolute Gasteiger partial charge is 0.396 e. The van der Waals surface area contributed by atoms with Gasteiger partial charge in [0.2, 0.25) is 0 Å². The molecule has 0 unspecified atom stereocenters. The van der Waals surface area contributed by atoms with Crippen LogP contribution in [0.4, 0.5) is 11.5 Å². The third kappa shape index (κ3) is 2.96. The van der Waals surface area contributed by atoms with Crippen molar-refractivity contribution in [3.63, 3.8) is 0 Å². The average Bonchev–Trinajstić information content (AvgIpc) is 2.15. The van der Waals surface area contributed by atoms with E-state index in [0.29, 0.717) is 11.7 Å². The summed E-state index contributed by atoms with van der Waals surface area (Å²) in [5.41, 5.74) is 6.60. The smallest absolute Gasteiger partial charge is 0.152 e. The summed E-state index contributed by atoms with van der Waals surface area (Å²) in [5, 5.41) is 0. The Morgan fingerprint density at radius 1 is 1.67 bits per heavy atom. The Morgan fingerprint density at radius 3 is 2.80 bits per heavy atom. The van der Waals surface area contributed by atoms with Crippen LogP contribution in [-0.2, 0) is 0 Å². The first-order valence-electron chi connectivity index (χ1n) is 4.84. The Balaban J connectivity index is 3.05. The van der Waals surface area contributed by atoms with Crippen LogP contribution in [0.2, 0.25) is 0 Å². The van der Waals surface area contributed by atoms with Crippen molar-refractivity contribution in [2.45, 2.75) is 19.9 Å². The monoisotopic (exact) mass is 269 g/mol. The van der Waals surface area contributed by atoms with E-state index in [1.807, 2.05) is 12.1 Å². The highest BCUT2D eigenvalue weighted by Crippen LogP contribution is 2.24. The number of halogens is 1. The molecule has 0 saturated carbocycles. The number of hydrogen-bond donors (Lipinski definition) is 1. The van der Waals surface area contributed by atoms with Crippen LogP contribution in [0.1, 0.15) is 13.8 Å². The Hall–Kier alpha value is -1.03. The summed E-state index contributed by atoms with van der Waals surface area (Å²) in [7, 11) is 0. The minimum absolute atomic E-state index is 0.346. The van der Waals surface area contributed by atoms with Gasteiger partial charge in [-0.2, -0.15) is 0 Å². The average molecular weight is 270 g/mol. The van der Waals surface area contributed by atoms with Crippen LogP contribution >= 0.6 is 15.9 Å². The van der Waals surface area contributed by atoms with Crippen molar-refractivity contribution in [2.24, 2.45) is 0 Å². The molecule has 82 valence electrons. The molecule has 0 saturated heterocycles. The number of anilines is 2. The van der Waals surface area contributed by atoms with Gasteiger partial charge < -0.3 is 10.6 Å². The Bertz CT molecular complexity index is 350. The second-order valence-corrected chi connectivity index (χ2v) is 4.52. The zero-order valence-corrected chi connectivity index (χ0v) is 10.7. The molecule has 1 rings (SSSR count). The van der Waals surface area contributed by atoms with Crippen LogP contribution in [0, 0.1) is 0 Å². The lowest BCUT2D eigenvalue weighted by molar-refractivity contribution is 0.713. The van der Waals surface area contributed by atoms with E-state index in [2.05, 4.69) is 46.2 Å². The number of nitrogens with two attached hydrogens (primary N) is 1. The van der Waals surface area contributed by atoms with E-state index in [1.54, 1.807) is 6.20 Å². The van der Waals surface area contributed by atoms with E-state index in [0.717, 1.165) is 16.8 Å². The van der Waals surface area contributed by atoms with Gasteiger partial charge in [-0.1, -0.05) is 6.08 Å². The molecule has 0 atom stereocenters. The summed E-state index contributed by atoms with van der Waals surface area (Å²) in [6.45, 7) is 8.69. The van der Waals surface area contributed by atoms with Crippen molar-refractivity contribution in [1.29, 1.82) is 0 Å². The lowest BCUT2D eigenvalue weighted by Gasteiger charge is -2.27. The first kappa shape index (κ1) is 12.0. The fraction of sp³-hybridized carbons (Fsp3) is 0.364. The number of nitrogen functional groups attached to an aromatic ring is 1. The molecular formula is C11H16BrN3. The molecule has 0 radical (unpaired) electrons. The molecule has 0 bridgehead atoms. The lowest BCUT2D eigenvalue weighted by Crippen LogP contribution is -2.32. The second kappa shape index (κ2) is 5.16. The molecule has 1 aromatic heterocycles. The maximum atomic E-state index is 5.92. The minimum Gasteiger partial charge on any atom is -0.396 e. The zero-order valence-electron chi connectivity index (χ0n) is 9.07. The van der Waals surface area contributed by atoms with Crippen molar-refractivity contribution in [3.05, 3.63) is 29.4 Å². The number of aromatic nitrogens is 1. The molecule has 0 aliphatic rings. The molecule has 4 heteroatoms. The first-order valence-corrected chi connectivity index (χ1v) is 5.64. The molecule has 15 heavy (non-hydrogen) atoms. The number of nitrogens with zero attached hydrogens (tertiary/aromatic N) is 2. The quantitative estimate of drug-likeness (QED) is 0.855. The maximum Gasteiger partial charge on any atom is 0.152 e. The van der Waals surface area contributed by atoms with Crippen molar-refractivity contribution < 1.29 is 0 Å². The predicted molar refractivity (Wildman–Crippen MR) is 69.0 cm³/mol. The first-order chi connectivity index (χ1) is 7.06. The number of rotatable bonds is 4. The third-order valence-electron chi connectivity index (χ3n) is 2.08. The summed E-state index contributed by atoms with van der Waals surface area (Å²) in [5.74, 6) is 0.813. The van der Waals surface area contributed by atoms with Gasteiger partial charge in [0.05, 0.1) is 5.69 Å². The zero-order chi connectivity index (χ0) is 11.4. The molecule has 0 aliphatic heterocycles. The van der Waals surface area contributed by atoms with Gasteiger partial charge in [-0.15, -0.1) is 6.58 Å². The van der Waals surface area contributed by atoms with Crippen molar-refractivity contribution in [1.82, 2.24) is 4.98 Å². The van der Waals surface area contributed by atoms with Gasteiger partial charge in [0, 0.05) is 23.3 Å². The van der Waals surface area contributed by atoms with Crippen LogP contribution < -0.4 is 10.6 Å². The molecule has 0 spiro atoms. The van der Waals surface area contributed by atoms with Crippen molar-refractivity contribution in [3.8, 4) is 0 Å².